The van der Waals surface area contributed by atoms with Gasteiger partial charge in [0.05, 0.1) is 24.7 Å². The third kappa shape index (κ3) is 4.99. The lowest BCUT2D eigenvalue weighted by molar-refractivity contribution is -0.384. The van der Waals surface area contributed by atoms with Gasteiger partial charge in [-0.1, -0.05) is 6.07 Å². The number of amides is 1. The van der Waals surface area contributed by atoms with Gasteiger partial charge in [0.15, 0.2) is 0 Å². The van der Waals surface area contributed by atoms with E-state index < -0.39 is 10.8 Å². The van der Waals surface area contributed by atoms with Gasteiger partial charge in [0.25, 0.3) is 5.91 Å². The molecule has 4 N–H and O–H groups in total. The van der Waals surface area contributed by atoms with E-state index in [1.54, 1.807) is 7.11 Å². The van der Waals surface area contributed by atoms with Crippen LogP contribution in [0.1, 0.15) is 10.4 Å². The van der Waals surface area contributed by atoms with E-state index in [0.29, 0.717) is 13.2 Å². The molecule has 1 amide bonds. The smallest absolute Gasteiger partial charge is 0.306 e. The van der Waals surface area contributed by atoms with Crippen molar-refractivity contribution in [3.8, 4) is 0 Å². The molecule has 0 aliphatic carbocycles. The molecule has 0 saturated carbocycles. The average Bonchev–Trinajstić information content (AvgIpc) is 2.49. The van der Waals surface area contributed by atoms with Crippen molar-refractivity contribution >= 4 is 17.3 Å². The number of nitrogen functional groups attached to an aromatic ring is 1. The quantitative estimate of drug-likeness (QED) is 0.258. The van der Waals surface area contributed by atoms with Gasteiger partial charge >= 0.3 is 5.69 Å². The largest absolute Gasteiger partial charge is 0.382 e. The number of para-hydroxylation sites is 1. The summed E-state index contributed by atoms with van der Waals surface area (Å²) in [6, 6.07) is 4.29. The molecule has 1 rings (SSSR count). The van der Waals surface area contributed by atoms with Crippen molar-refractivity contribution in [2.75, 3.05) is 38.9 Å². The van der Waals surface area contributed by atoms with Gasteiger partial charge in [0.2, 0.25) is 0 Å². The van der Waals surface area contributed by atoms with E-state index in [9.17, 15) is 14.9 Å². The Hall–Kier alpha value is -2.23. The van der Waals surface area contributed by atoms with Crippen molar-refractivity contribution in [2.24, 2.45) is 5.84 Å². The predicted octanol–water partition coefficient (Wildman–Crippen LogP) is 0.273. The first-order valence-electron chi connectivity index (χ1n) is 6.20. The molecular formula is C12H18N4O5. The standard InChI is InChI=1S/C12H18N4O5/c1-20-7-8-21-6-5-14-12(17)9-3-2-4-10(15-13)11(9)16(18)19/h2-4,15H,5-8,13H2,1H3,(H,14,17). The summed E-state index contributed by atoms with van der Waals surface area (Å²) in [4.78, 5) is 22.4. The van der Waals surface area contributed by atoms with Gasteiger partial charge in [-0.3, -0.25) is 20.8 Å². The molecule has 0 atom stereocenters. The summed E-state index contributed by atoms with van der Waals surface area (Å²) in [5.41, 5.74) is 1.85. The number of hydrogen-bond acceptors (Lipinski definition) is 7. The zero-order valence-electron chi connectivity index (χ0n) is 11.6. The second-order valence-corrected chi connectivity index (χ2v) is 3.96. The molecule has 0 saturated heterocycles. The number of rotatable bonds is 9. The predicted molar refractivity (Wildman–Crippen MR) is 75.9 cm³/mol. The van der Waals surface area contributed by atoms with Gasteiger partial charge in [-0.25, -0.2) is 0 Å². The fraction of sp³-hybridized carbons (Fsp3) is 0.417. The molecule has 0 spiro atoms. The van der Waals surface area contributed by atoms with Crippen molar-refractivity contribution in [2.45, 2.75) is 0 Å². The summed E-state index contributed by atoms with van der Waals surface area (Å²) in [5, 5.41) is 13.6. The Kier molecular flexibility index (Phi) is 7.09. The number of ether oxygens (including phenoxy) is 2. The molecule has 0 fully saturated rings. The number of hydrazine groups is 1. The zero-order valence-corrected chi connectivity index (χ0v) is 11.6. The number of carbonyl (C=O) groups excluding carboxylic acids is 1. The Morgan fingerprint density at radius 2 is 2.14 bits per heavy atom. The highest BCUT2D eigenvalue weighted by Gasteiger charge is 2.23. The number of methoxy groups -OCH3 is 1. The normalized spacial score (nSPS) is 10.2. The summed E-state index contributed by atoms with van der Waals surface area (Å²) in [7, 11) is 1.56. The van der Waals surface area contributed by atoms with Crippen LogP contribution in [0, 0.1) is 10.1 Å². The van der Waals surface area contributed by atoms with Crippen molar-refractivity contribution in [3.05, 3.63) is 33.9 Å². The SMILES string of the molecule is COCCOCCNC(=O)c1cccc(NN)c1[N+](=O)[O-]. The molecule has 21 heavy (non-hydrogen) atoms. The average molecular weight is 298 g/mol. The van der Waals surface area contributed by atoms with Crippen LogP contribution in [0.2, 0.25) is 0 Å². The summed E-state index contributed by atoms with van der Waals surface area (Å²) < 4.78 is 9.98. The number of carbonyl (C=O) groups is 1. The first-order chi connectivity index (χ1) is 10.1. The molecule has 0 aliphatic rings. The van der Waals surface area contributed by atoms with E-state index in [1.165, 1.54) is 18.2 Å². The number of nitro groups is 1. The van der Waals surface area contributed by atoms with E-state index in [4.69, 9.17) is 15.3 Å². The highest BCUT2D eigenvalue weighted by Crippen LogP contribution is 2.27. The molecule has 0 bridgehead atoms. The maximum absolute atomic E-state index is 12.0. The van der Waals surface area contributed by atoms with Gasteiger partial charge in [-0.2, -0.15) is 0 Å². The number of nitrogens with two attached hydrogens (primary N) is 1. The van der Waals surface area contributed by atoms with Gasteiger partial charge in [0, 0.05) is 13.7 Å². The number of benzene rings is 1. The van der Waals surface area contributed by atoms with Crippen LogP contribution in [-0.2, 0) is 9.47 Å². The summed E-state index contributed by atoms with van der Waals surface area (Å²) in [6.07, 6.45) is 0. The van der Waals surface area contributed by atoms with Crippen molar-refractivity contribution in [3.63, 3.8) is 0 Å². The zero-order chi connectivity index (χ0) is 15.7. The van der Waals surface area contributed by atoms with Gasteiger partial charge in [0.1, 0.15) is 11.3 Å². The highest BCUT2D eigenvalue weighted by molar-refractivity contribution is 6.00. The molecule has 9 heteroatoms. The summed E-state index contributed by atoms with van der Waals surface area (Å²) in [6.45, 7) is 1.40. The lowest BCUT2D eigenvalue weighted by atomic mass is 10.1. The lowest BCUT2D eigenvalue weighted by Crippen LogP contribution is -2.28. The van der Waals surface area contributed by atoms with E-state index in [2.05, 4.69) is 10.7 Å². The van der Waals surface area contributed by atoms with Crippen LogP contribution < -0.4 is 16.6 Å². The molecule has 1 aromatic rings. The van der Waals surface area contributed by atoms with Crippen LogP contribution >= 0.6 is 0 Å². The summed E-state index contributed by atoms with van der Waals surface area (Å²) >= 11 is 0. The number of nitrogens with one attached hydrogen (secondary N) is 2. The molecule has 0 aromatic heterocycles. The Morgan fingerprint density at radius 1 is 1.38 bits per heavy atom. The van der Waals surface area contributed by atoms with Crippen LogP contribution in [-0.4, -0.2) is 44.3 Å². The molecule has 1 aromatic carbocycles. The Labute approximate surface area is 121 Å². The Balaban J connectivity index is 2.64. The van der Waals surface area contributed by atoms with E-state index in [1.807, 2.05) is 0 Å². The molecule has 9 nitrogen and oxygen atoms in total. The second kappa shape index (κ2) is 8.84. The Bertz CT molecular complexity index is 495. The van der Waals surface area contributed by atoms with E-state index in [-0.39, 0.29) is 30.1 Å². The molecule has 0 unspecified atom stereocenters. The number of nitro benzene ring substituents is 1. The van der Waals surface area contributed by atoms with E-state index in [0.717, 1.165) is 0 Å². The minimum absolute atomic E-state index is 0.0626. The fourth-order valence-corrected chi connectivity index (χ4v) is 1.62. The molecule has 116 valence electrons. The van der Waals surface area contributed by atoms with Crippen molar-refractivity contribution in [1.29, 1.82) is 0 Å². The van der Waals surface area contributed by atoms with E-state index >= 15 is 0 Å². The van der Waals surface area contributed by atoms with Crippen LogP contribution in [0.3, 0.4) is 0 Å². The molecule has 0 radical (unpaired) electrons. The van der Waals surface area contributed by atoms with Crippen LogP contribution in [0.5, 0.6) is 0 Å². The van der Waals surface area contributed by atoms with Crippen LogP contribution in [0.15, 0.2) is 18.2 Å². The fourth-order valence-electron chi connectivity index (χ4n) is 1.62. The van der Waals surface area contributed by atoms with Crippen LogP contribution in [0.4, 0.5) is 11.4 Å². The maximum Gasteiger partial charge on any atom is 0.306 e. The van der Waals surface area contributed by atoms with Gasteiger partial charge < -0.3 is 20.2 Å². The maximum atomic E-state index is 12.0. The monoisotopic (exact) mass is 298 g/mol. The highest BCUT2D eigenvalue weighted by atomic mass is 16.6. The third-order valence-electron chi connectivity index (χ3n) is 2.58. The topological polar surface area (TPSA) is 129 Å². The van der Waals surface area contributed by atoms with Gasteiger partial charge in [-0.15, -0.1) is 0 Å². The molecule has 0 heterocycles. The van der Waals surface area contributed by atoms with Crippen molar-refractivity contribution < 1.29 is 19.2 Å². The minimum atomic E-state index is -0.654. The second-order valence-electron chi connectivity index (χ2n) is 3.96. The first-order valence-corrected chi connectivity index (χ1v) is 6.20. The number of hydrogen-bond donors (Lipinski definition) is 3. The molecular weight excluding hydrogens is 280 g/mol. The Morgan fingerprint density at radius 3 is 2.76 bits per heavy atom. The third-order valence-corrected chi connectivity index (χ3v) is 2.58. The number of anilines is 1. The van der Waals surface area contributed by atoms with Crippen molar-refractivity contribution in [1.82, 2.24) is 5.32 Å². The lowest BCUT2D eigenvalue weighted by Gasteiger charge is -2.08. The minimum Gasteiger partial charge on any atom is -0.382 e. The molecule has 0 aliphatic heterocycles. The summed E-state index contributed by atoms with van der Waals surface area (Å²) in [5.74, 6) is 4.65. The van der Waals surface area contributed by atoms with Gasteiger partial charge in [-0.05, 0) is 12.1 Å². The first kappa shape index (κ1) is 16.8. The van der Waals surface area contributed by atoms with Crippen LogP contribution in [0.25, 0.3) is 0 Å². The number of nitrogens with zero attached hydrogens (tertiary/aromatic N) is 1.